The summed E-state index contributed by atoms with van der Waals surface area (Å²) in [6, 6.07) is 3.34. The number of halogens is 1. The molecule has 0 saturated heterocycles. The van der Waals surface area contributed by atoms with Crippen molar-refractivity contribution in [2.75, 3.05) is 4.72 Å². The van der Waals surface area contributed by atoms with Gasteiger partial charge in [-0.25, -0.2) is 22.6 Å². The number of aromatic carboxylic acids is 1. The van der Waals surface area contributed by atoms with E-state index in [2.05, 4.69) is 9.71 Å². The lowest BCUT2D eigenvalue weighted by atomic mass is 10.2. The Bertz CT molecular complexity index is 770. The van der Waals surface area contributed by atoms with E-state index in [0.29, 0.717) is 5.01 Å². The Labute approximate surface area is 118 Å². The number of benzene rings is 1. The van der Waals surface area contributed by atoms with E-state index < -0.39 is 27.4 Å². The Morgan fingerprint density at radius 3 is 2.70 bits per heavy atom. The summed E-state index contributed by atoms with van der Waals surface area (Å²) < 4.78 is 39.5. The van der Waals surface area contributed by atoms with Crippen molar-refractivity contribution in [1.82, 2.24) is 4.98 Å². The molecule has 0 saturated carbocycles. The molecule has 0 radical (unpaired) electrons. The Kier molecular flexibility index (Phi) is 3.73. The van der Waals surface area contributed by atoms with Gasteiger partial charge in [0.05, 0.1) is 16.9 Å². The van der Waals surface area contributed by atoms with Crippen molar-refractivity contribution < 1.29 is 22.7 Å². The number of hydrogen-bond acceptors (Lipinski definition) is 5. The summed E-state index contributed by atoms with van der Waals surface area (Å²) in [5, 5.41) is 9.48. The number of thiazole rings is 1. The molecule has 0 spiro atoms. The zero-order valence-electron chi connectivity index (χ0n) is 10.1. The van der Waals surface area contributed by atoms with E-state index in [0.717, 1.165) is 23.6 Å². The van der Waals surface area contributed by atoms with Crippen LogP contribution in [0.2, 0.25) is 0 Å². The van der Waals surface area contributed by atoms with Gasteiger partial charge in [-0.1, -0.05) is 6.07 Å². The number of aromatic nitrogens is 1. The van der Waals surface area contributed by atoms with Crippen molar-refractivity contribution in [2.45, 2.75) is 11.1 Å². The van der Waals surface area contributed by atoms with Gasteiger partial charge in [0.2, 0.25) is 0 Å². The third kappa shape index (κ3) is 2.78. The van der Waals surface area contributed by atoms with Gasteiger partial charge < -0.3 is 5.11 Å². The first-order valence-corrected chi connectivity index (χ1v) is 7.58. The molecule has 0 fully saturated rings. The molecule has 0 unspecified atom stereocenters. The summed E-state index contributed by atoms with van der Waals surface area (Å²) in [6.07, 6.45) is 1.15. The molecule has 1 heterocycles. The van der Waals surface area contributed by atoms with Crippen molar-refractivity contribution in [3.63, 3.8) is 0 Å². The van der Waals surface area contributed by atoms with Gasteiger partial charge in [0.1, 0.15) is 11.4 Å². The second-order valence-corrected chi connectivity index (χ2v) is 6.92. The monoisotopic (exact) mass is 316 g/mol. The van der Waals surface area contributed by atoms with Crippen molar-refractivity contribution in [3.05, 3.63) is 40.8 Å². The quantitative estimate of drug-likeness (QED) is 0.900. The SMILES string of the molecule is Cc1ncc(S(=O)(=O)Nc2cccc(F)c2C(=O)O)s1. The Balaban J connectivity index is 2.45. The van der Waals surface area contributed by atoms with E-state index in [-0.39, 0.29) is 9.90 Å². The minimum absolute atomic E-state index is 0.0735. The highest BCUT2D eigenvalue weighted by molar-refractivity contribution is 7.94. The summed E-state index contributed by atoms with van der Waals surface area (Å²) in [7, 11) is -3.99. The van der Waals surface area contributed by atoms with Crippen LogP contribution in [0.1, 0.15) is 15.4 Å². The molecule has 0 aliphatic heterocycles. The number of hydrogen-bond donors (Lipinski definition) is 2. The predicted octanol–water partition coefficient (Wildman–Crippen LogP) is 2.09. The summed E-state index contributed by atoms with van der Waals surface area (Å²) in [4.78, 5) is 14.8. The van der Waals surface area contributed by atoms with Crippen LogP contribution in [0, 0.1) is 12.7 Å². The van der Waals surface area contributed by atoms with Crippen molar-refractivity contribution in [1.29, 1.82) is 0 Å². The maximum Gasteiger partial charge on any atom is 0.340 e. The molecular weight excluding hydrogens is 307 g/mol. The number of rotatable bonds is 4. The fraction of sp³-hybridized carbons (Fsp3) is 0.0909. The number of carboxylic acids is 1. The van der Waals surface area contributed by atoms with Gasteiger partial charge in [0.15, 0.2) is 4.21 Å². The van der Waals surface area contributed by atoms with Crippen LogP contribution in [0.4, 0.5) is 10.1 Å². The second kappa shape index (κ2) is 5.17. The smallest absolute Gasteiger partial charge is 0.340 e. The molecule has 1 aromatic heterocycles. The minimum atomic E-state index is -3.99. The van der Waals surface area contributed by atoms with Crippen LogP contribution in [0.15, 0.2) is 28.6 Å². The summed E-state index contributed by atoms with van der Waals surface area (Å²) in [5.41, 5.74) is -1.05. The van der Waals surface area contributed by atoms with Crippen LogP contribution in [0.3, 0.4) is 0 Å². The average Bonchev–Trinajstić information content (AvgIpc) is 2.75. The molecule has 20 heavy (non-hydrogen) atoms. The molecule has 6 nitrogen and oxygen atoms in total. The summed E-state index contributed by atoms with van der Waals surface area (Å²) >= 11 is 0.930. The van der Waals surface area contributed by atoms with Crippen LogP contribution >= 0.6 is 11.3 Å². The van der Waals surface area contributed by atoms with E-state index in [9.17, 15) is 17.6 Å². The number of nitrogens with one attached hydrogen (secondary N) is 1. The van der Waals surface area contributed by atoms with E-state index in [4.69, 9.17) is 5.11 Å². The Morgan fingerprint density at radius 2 is 2.15 bits per heavy atom. The first-order valence-electron chi connectivity index (χ1n) is 5.28. The van der Waals surface area contributed by atoms with Gasteiger partial charge in [-0.15, -0.1) is 11.3 Å². The third-order valence-electron chi connectivity index (χ3n) is 2.34. The maximum atomic E-state index is 13.5. The zero-order chi connectivity index (χ0) is 14.9. The average molecular weight is 316 g/mol. The number of carbonyl (C=O) groups is 1. The largest absolute Gasteiger partial charge is 0.478 e. The van der Waals surface area contributed by atoms with Gasteiger partial charge in [0, 0.05) is 0 Å². The maximum absolute atomic E-state index is 13.5. The molecular formula is C11H9FN2O4S2. The molecule has 106 valence electrons. The van der Waals surface area contributed by atoms with Crippen molar-refractivity contribution in [3.8, 4) is 0 Å². The summed E-state index contributed by atoms with van der Waals surface area (Å²) in [5.74, 6) is -2.57. The first-order chi connectivity index (χ1) is 9.31. The van der Waals surface area contributed by atoms with E-state index in [1.165, 1.54) is 12.1 Å². The first kappa shape index (κ1) is 14.4. The van der Waals surface area contributed by atoms with Crippen LogP contribution in [-0.4, -0.2) is 24.5 Å². The summed E-state index contributed by atoms with van der Waals surface area (Å²) in [6.45, 7) is 1.63. The molecule has 0 bridgehead atoms. The Morgan fingerprint density at radius 1 is 1.45 bits per heavy atom. The molecule has 1 aromatic carbocycles. The minimum Gasteiger partial charge on any atom is -0.478 e. The second-order valence-electron chi connectivity index (χ2n) is 3.77. The lowest BCUT2D eigenvalue weighted by Crippen LogP contribution is -2.15. The number of anilines is 1. The highest BCUT2D eigenvalue weighted by Gasteiger charge is 2.22. The van der Waals surface area contributed by atoms with Crippen LogP contribution in [-0.2, 0) is 10.0 Å². The van der Waals surface area contributed by atoms with E-state index in [1.807, 2.05) is 0 Å². The van der Waals surface area contributed by atoms with E-state index >= 15 is 0 Å². The fourth-order valence-corrected chi connectivity index (χ4v) is 3.67. The van der Waals surface area contributed by atoms with Crippen molar-refractivity contribution >= 4 is 33.0 Å². The number of aryl methyl sites for hydroxylation is 1. The normalized spacial score (nSPS) is 11.3. The highest BCUT2D eigenvalue weighted by atomic mass is 32.2. The van der Waals surface area contributed by atoms with Crippen molar-refractivity contribution in [2.24, 2.45) is 0 Å². The standard InChI is InChI=1S/C11H9FN2O4S2/c1-6-13-5-9(19-6)20(17,18)14-8-4-2-3-7(12)10(8)11(15)16/h2-5,14H,1H3,(H,15,16). The molecule has 0 aliphatic carbocycles. The molecule has 2 aromatic rings. The van der Waals surface area contributed by atoms with Gasteiger partial charge in [-0.2, -0.15) is 0 Å². The zero-order valence-corrected chi connectivity index (χ0v) is 11.8. The fourth-order valence-electron chi connectivity index (χ4n) is 1.49. The molecule has 0 atom stereocenters. The van der Waals surface area contributed by atoms with Crippen LogP contribution < -0.4 is 4.72 Å². The molecule has 0 amide bonds. The lowest BCUT2D eigenvalue weighted by Gasteiger charge is -2.09. The molecule has 9 heteroatoms. The molecule has 0 aliphatic rings. The number of carboxylic acid groups (broad SMARTS) is 1. The highest BCUT2D eigenvalue weighted by Crippen LogP contribution is 2.25. The number of sulfonamides is 1. The Hall–Kier alpha value is -2.00. The molecule has 2 rings (SSSR count). The van der Waals surface area contributed by atoms with Gasteiger partial charge in [0.25, 0.3) is 10.0 Å². The predicted molar refractivity (Wildman–Crippen MR) is 71.0 cm³/mol. The third-order valence-corrected chi connectivity index (χ3v) is 5.08. The van der Waals surface area contributed by atoms with Crippen LogP contribution in [0.25, 0.3) is 0 Å². The van der Waals surface area contributed by atoms with Gasteiger partial charge >= 0.3 is 5.97 Å². The van der Waals surface area contributed by atoms with E-state index in [1.54, 1.807) is 6.92 Å². The lowest BCUT2D eigenvalue weighted by molar-refractivity contribution is 0.0693. The molecule has 2 N–H and O–H groups in total. The number of nitrogens with zero attached hydrogens (tertiary/aromatic N) is 1. The van der Waals surface area contributed by atoms with Gasteiger partial charge in [-0.05, 0) is 19.1 Å². The van der Waals surface area contributed by atoms with Crippen LogP contribution in [0.5, 0.6) is 0 Å². The van der Waals surface area contributed by atoms with Gasteiger partial charge in [-0.3, -0.25) is 4.72 Å². The topological polar surface area (TPSA) is 96.4 Å².